The molecule has 0 fully saturated rings. The zero-order valence-corrected chi connectivity index (χ0v) is 25.7. The second-order valence-electron chi connectivity index (χ2n) is 10.3. The lowest BCUT2D eigenvalue weighted by Gasteiger charge is -2.34. The number of amides is 2. The molecule has 0 saturated carbocycles. The van der Waals surface area contributed by atoms with E-state index in [1.165, 1.54) is 4.90 Å². The summed E-state index contributed by atoms with van der Waals surface area (Å²) in [5.74, 6) is -0.786. The van der Waals surface area contributed by atoms with Crippen molar-refractivity contribution in [3.63, 3.8) is 0 Å². The zero-order chi connectivity index (χ0) is 29.6. The van der Waals surface area contributed by atoms with Crippen LogP contribution in [0.1, 0.15) is 25.0 Å². The molecule has 41 heavy (non-hydrogen) atoms. The lowest BCUT2D eigenvalue weighted by atomic mass is 10.0. The summed E-state index contributed by atoms with van der Waals surface area (Å²) in [6.45, 7) is 3.39. The highest BCUT2D eigenvalue weighted by atomic mass is 79.9. The fraction of sp³-hybridized carbons (Fsp3) is 0.250. The summed E-state index contributed by atoms with van der Waals surface area (Å²) in [5, 5.41) is 4.53. The first-order valence-corrected chi connectivity index (χ1v) is 16.0. The molecule has 4 aromatic rings. The largest absolute Gasteiger partial charge is 0.352 e. The van der Waals surface area contributed by atoms with Gasteiger partial charge in [0, 0.05) is 28.9 Å². The smallest absolute Gasteiger partial charge is 0.244 e. The summed E-state index contributed by atoms with van der Waals surface area (Å²) in [4.78, 5) is 29.4. The van der Waals surface area contributed by atoms with Gasteiger partial charge in [0.1, 0.15) is 12.6 Å². The van der Waals surface area contributed by atoms with E-state index in [9.17, 15) is 18.0 Å². The van der Waals surface area contributed by atoms with E-state index in [1.807, 2.05) is 98.8 Å². The number of nitrogens with one attached hydrogen (secondary N) is 1. The van der Waals surface area contributed by atoms with Crippen LogP contribution in [0.25, 0.3) is 10.8 Å². The maximum Gasteiger partial charge on any atom is 0.244 e. The molecule has 9 heteroatoms. The van der Waals surface area contributed by atoms with E-state index in [1.54, 1.807) is 12.1 Å². The van der Waals surface area contributed by atoms with Gasteiger partial charge in [-0.1, -0.05) is 94.8 Å². The monoisotopic (exact) mass is 635 g/mol. The molecule has 4 rings (SSSR count). The molecule has 0 heterocycles. The number of fused-ring (bicyclic) bond motifs is 1. The number of nitrogens with zero attached hydrogens (tertiary/aromatic N) is 2. The molecule has 4 aromatic carbocycles. The van der Waals surface area contributed by atoms with Crippen LogP contribution in [0.4, 0.5) is 5.69 Å². The fourth-order valence-corrected chi connectivity index (χ4v) is 6.10. The summed E-state index contributed by atoms with van der Waals surface area (Å²) < 4.78 is 28.3. The van der Waals surface area contributed by atoms with E-state index >= 15 is 0 Å². The molecule has 0 aromatic heterocycles. The summed E-state index contributed by atoms with van der Waals surface area (Å²) in [7, 11) is -3.86. The van der Waals surface area contributed by atoms with Gasteiger partial charge in [0.15, 0.2) is 0 Å². The summed E-state index contributed by atoms with van der Waals surface area (Å²) in [5.41, 5.74) is 2.10. The van der Waals surface area contributed by atoms with Gasteiger partial charge in [-0.25, -0.2) is 8.42 Å². The van der Waals surface area contributed by atoms with Crippen LogP contribution in [-0.4, -0.2) is 50.0 Å². The van der Waals surface area contributed by atoms with E-state index in [4.69, 9.17) is 0 Å². The van der Waals surface area contributed by atoms with Gasteiger partial charge in [-0.05, 0) is 48.6 Å². The Labute approximate surface area is 250 Å². The van der Waals surface area contributed by atoms with Crippen molar-refractivity contribution >= 4 is 54.2 Å². The average molecular weight is 637 g/mol. The molecule has 1 atom stereocenters. The van der Waals surface area contributed by atoms with E-state index in [0.29, 0.717) is 11.1 Å². The van der Waals surface area contributed by atoms with Crippen molar-refractivity contribution in [2.45, 2.75) is 38.9 Å². The third kappa shape index (κ3) is 7.95. The Kier molecular flexibility index (Phi) is 9.83. The third-order valence-corrected chi connectivity index (χ3v) is 8.28. The Bertz CT molecular complexity index is 1620. The van der Waals surface area contributed by atoms with Gasteiger partial charge in [0.05, 0.1) is 11.9 Å². The van der Waals surface area contributed by atoms with E-state index < -0.39 is 28.5 Å². The Morgan fingerprint density at radius 3 is 2.17 bits per heavy atom. The fourth-order valence-electron chi connectivity index (χ4n) is 4.79. The van der Waals surface area contributed by atoms with Crippen LogP contribution >= 0.6 is 15.9 Å². The summed E-state index contributed by atoms with van der Waals surface area (Å²) >= 11 is 3.49. The van der Waals surface area contributed by atoms with Gasteiger partial charge in [-0.3, -0.25) is 13.9 Å². The van der Waals surface area contributed by atoms with Crippen molar-refractivity contribution in [3.05, 3.63) is 113 Å². The van der Waals surface area contributed by atoms with Gasteiger partial charge in [-0.2, -0.15) is 0 Å². The molecule has 1 unspecified atom stereocenters. The van der Waals surface area contributed by atoms with Crippen LogP contribution < -0.4 is 9.62 Å². The number of benzene rings is 4. The first-order valence-electron chi connectivity index (χ1n) is 13.4. The summed E-state index contributed by atoms with van der Waals surface area (Å²) in [6, 6.07) is 28.8. The topological polar surface area (TPSA) is 86.8 Å². The number of hydrogen-bond donors (Lipinski definition) is 1. The molecule has 0 saturated heterocycles. The van der Waals surface area contributed by atoms with Crippen LogP contribution in [0.15, 0.2) is 102 Å². The lowest BCUT2D eigenvalue weighted by molar-refractivity contribution is -0.140. The normalized spacial score (nSPS) is 12.2. The molecule has 0 aliphatic heterocycles. The second kappa shape index (κ2) is 13.3. The predicted octanol–water partition coefficient (Wildman–Crippen LogP) is 5.53. The molecule has 0 radical (unpaired) electrons. The summed E-state index contributed by atoms with van der Waals surface area (Å²) in [6.07, 6.45) is 1.36. The van der Waals surface area contributed by atoms with Crippen LogP contribution in [0, 0.1) is 0 Å². The minimum Gasteiger partial charge on any atom is -0.352 e. The first-order chi connectivity index (χ1) is 19.5. The van der Waals surface area contributed by atoms with Crippen molar-refractivity contribution in [2.24, 2.45) is 0 Å². The highest BCUT2D eigenvalue weighted by Crippen LogP contribution is 2.29. The Morgan fingerprint density at radius 2 is 1.49 bits per heavy atom. The maximum atomic E-state index is 14.2. The van der Waals surface area contributed by atoms with Crippen molar-refractivity contribution in [2.75, 3.05) is 17.1 Å². The van der Waals surface area contributed by atoms with Crippen molar-refractivity contribution < 1.29 is 18.0 Å². The van der Waals surface area contributed by atoms with E-state index in [0.717, 1.165) is 31.5 Å². The van der Waals surface area contributed by atoms with Gasteiger partial charge in [-0.15, -0.1) is 0 Å². The molecule has 0 aliphatic rings. The number of hydrogen-bond acceptors (Lipinski definition) is 4. The molecule has 0 bridgehead atoms. The SMILES string of the molecule is CC(C)NC(=O)C(Cc1ccccc1)N(Cc1cccc(Br)c1)C(=O)CN(c1cccc2ccccc12)S(C)(=O)=O. The Hall–Kier alpha value is -3.69. The van der Waals surface area contributed by atoms with Gasteiger partial charge in [0.25, 0.3) is 0 Å². The molecule has 0 spiro atoms. The minimum absolute atomic E-state index is 0.119. The average Bonchev–Trinajstić information content (AvgIpc) is 2.93. The zero-order valence-electron chi connectivity index (χ0n) is 23.3. The number of carbonyl (C=O) groups is 2. The standard InChI is InChI=1S/C32H34BrN3O4S/c1-23(2)34-32(38)30(20-24-11-5-4-6-12-24)35(21-25-13-9-16-27(33)19-25)31(37)22-36(41(3,39)40)29-18-10-15-26-14-7-8-17-28(26)29/h4-19,23,30H,20-22H2,1-3H3,(H,34,38). The molecule has 214 valence electrons. The predicted molar refractivity (Wildman–Crippen MR) is 168 cm³/mol. The highest BCUT2D eigenvalue weighted by Gasteiger charge is 2.33. The minimum atomic E-state index is -3.86. The molecule has 7 nitrogen and oxygen atoms in total. The number of rotatable bonds is 11. The third-order valence-electron chi connectivity index (χ3n) is 6.66. The quantitative estimate of drug-likeness (QED) is 0.235. The molecule has 2 amide bonds. The number of sulfonamides is 1. The van der Waals surface area contributed by atoms with Gasteiger partial charge >= 0.3 is 0 Å². The van der Waals surface area contributed by atoms with Crippen molar-refractivity contribution in [1.82, 2.24) is 10.2 Å². The second-order valence-corrected chi connectivity index (χ2v) is 13.1. The van der Waals surface area contributed by atoms with Crippen molar-refractivity contribution in [3.8, 4) is 0 Å². The molecular weight excluding hydrogens is 602 g/mol. The number of carbonyl (C=O) groups excluding carboxylic acids is 2. The van der Waals surface area contributed by atoms with Gasteiger partial charge < -0.3 is 10.2 Å². The maximum absolute atomic E-state index is 14.2. The van der Waals surface area contributed by atoms with E-state index in [2.05, 4.69) is 21.2 Å². The van der Waals surface area contributed by atoms with Crippen LogP contribution in [0.2, 0.25) is 0 Å². The van der Waals surface area contributed by atoms with Gasteiger partial charge in [0.2, 0.25) is 21.8 Å². The van der Waals surface area contributed by atoms with Crippen molar-refractivity contribution in [1.29, 1.82) is 0 Å². The number of anilines is 1. The lowest BCUT2D eigenvalue weighted by Crippen LogP contribution is -2.54. The number of halogens is 1. The van der Waals surface area contributed by atoms with Crippen LogP contribution in [-0.2, 0) is 32.6 Å². The van der Waals surface area contributed by atoms with Crippen LogP contribution in [0.3, 0.4) is 0 Å². The van der Waals surface area contributed by atoms with E-state index in [-0.39, 0.29) is 24.9 Å². The molecule has 1 N–H and O–H groups in total. The molecule has 0 aliphatic carbocycles. The highest BCUT2D eigenvalue weighted by molar-refractivity contribution is 9.10. The molecular formula is C32H34BrN3O4S. The Balaban J connectivity index is 1.78. The van der Waals surface area contributed by atoms with Crippen LogP contribution in [0.5, 0.6) is 0 Å². The Morgan fingerprint density at radius 1 is 0.854 bits per heavy atom. The first kappa shape index (κ1) is 30.3.